The van der Waals surface area contributed by atoms with Gasteiger partial charge in [0.15, 0.2) is 5.16 Å². The summed E-state index contributed by atoms with van der Waals surface area (Å²) in [7, 11) is 0. The zero-order valence-corrected chi connectivity index (χ0v) is 14.8. The van der Waals surface area contributed by atoms with Crippen LogP contribution in [0.15, 0.2) is 28.2 Å². The molecule has 0 bridgehead atoms. The van der Waals surface area contributed by atoms with Crippen molar-refractivity contribution in [2.45, 2.75) is 42.8 Å². The van der Waals surface area contributed by atoms with Gasteiger partial charge in [-0.1, -0.05) is 23.4 Å². The van der Waals surface area contributed by atoms with E-state index >= 15 is 0 Å². The highest BCUT2D eigenvalue weighted by Crippen LogP contribution is 2.25. The molecule has 1 aliphatic rings. The van der Waals surface area contributed by atoms with E-state index in [0.29, 0.717) is 34.2 Å². The molecular weight excluding hydrogens is 350 g/mol. The fraction of sp³-hybridized carbons (Fsp3) is 0.438. The lowest BCUT2D eigenvalue weighted by atomic mass is 10.2. The quantitative estimate of drug-likeness (QED) is 0.646. The summed E-state index contributed by atoms with van der Waals surface area (Å²) in [5, 5.41) is 0.958. The smallest absolute Gasteiger partial charge is 0.262 e. The van der Waals surface area contributed by atoms with Gasteiger partial charge in [-0.25, -0.2) is 4.98 Å². The normalized spacial score (nSPS) is 18.8. The van der Waals surface area contributed by atoms with Gasteiger partial charge < -0.3 is 10.5 Å². The van der Waals surface area contributed by atoms with Crippen LogP contribution in [0, 0.1) is 0 Å². The minimum absolute atomic E-state index is 0.0162. The number of fused-ring (bicyclic) bond motifs is 1. The molecule has 3 rings (SSSR count). The van der Waals surface area contributed by atoms with E-state index in [1.165, 1.54) is 11.8 Å². The average Bonchev–Trinajstić information content (AvgIpc) is 3.03. The fourth-order valence-corrected chi connectivity index (χ4v) is 3.67. The minimum atomic E-state index is -0.496. The number of carbonyl (C=O) groups excluding carboxylic acids is 1. The van der Waals surface area contributed by atoms with Gasteiger partial charge in [-0.15, -0.1) is 0 Å². The zero-order valence-electron chi connectivity index (χ0n) is 13.2. The molecular formula is C16H18ClN3O3S. The summed E-state index contributed by atoms with van der Waals surface area (Å²) < 4.78 is 7.22. The summed E-state index contributed by atoms with van der Waals surface area (Å²) in [6.45, 7) is 2.81. The number of nitrogens with zero attached hydrogens (tertiary/aromatic N) is 2. The predicted molar refractivity (Wildman–Crippen MR) is 94.5 cm³/mol. The molecule has 8 heteroatoms. The Kier molecular flexibility index (Phi) is 5.12. The Morgan fingerprint density at radius 1 is 1.58 bits per heavy atom. The van der Waals surface area contributed by atoms with Crippen molar-refractivity contribution in [1.82, 2.24) is 9.55 Å². The first-order valence-electron chi connectivity index (χ1n) is 7.73. The first-order valence-corrected chi connectivity index (χ1v) is 8.99. The number of primary amides is 1. The Balaban J connectivity index is 2.09. The van der Waals surface area contributed by atoms with E-state index in [2.05, 4.69) is 4.98 Å². The Morgan fingerprint density at radius 3 is 3.04 bits per heavy atom. The van der Waals surface area contributed by atoms with Crippen molar-refractivity contribution in [3.63, 3.8) is 0 Å². The van der Waals surface area contributed by atoms with Crippen LogP contribution in [-0.2, 0) is 16.1 Å². The van der Waals surface area contributed by atoms with E-state index in [1.54, 1.807) is 29.7 Å². The maximum atomic E-state index is 12.9. The van der Waals surface area contributed by atoms with Gasteiger partial charge in [0.25, 0.3) is 5.56 Å². The number of amides is 1. The standard InChI is InChI=1S/C16H18ClN3O3S/c1-9(14(18)21)24-16-19-13-7-10(17)4-5-12(13)15(22)20(16)8-11-3-2-6-23-11/h4-5,7,9,11H,2-3,6,8H2,1H3,(H2,18,21)/t9-,11-/m0/s1. The largest absolute Gasteiger partial charge is 0.376 e. The Labute approximate surface area is 148 Å². The summed E-state index contributed by atoms with van der Waals surface area (Å²) in [6.07, 6.45) is 1.87. The molecule has 1 amide bonds. The maximum absolute atomic E-state index is 12.9. The minimum Gasteiger partial charge on any atom is -0.376 e. The summed E-state index contributed by atoms with van der Waals surface area (Å²) in [5.41, 5.74) is 5.70. The van der Waals surface area contributed by atoms with Gasteiger partial charge in [0.05, 0.1) is 28.8 Å². The number of rotatable bonds is 5. The number of thioether (sulfide) groups is 1. The molecule has 2 aromatic rings. The van der Waals surface area contributed by atoms with Crippen LogP contribution in [0.4, 0.5) is 0 Å². The Hall–Kier alpha value is -1.57. The lowest BCUT2D eigenvalue weighted by molar-refractivity contribution is -0.117. The maximum Gasteiger partial charge on any atom is 0.262 e. The van der Waals surface area contributed by atoms with E-state index in [1.807, 2.05) is 0 Å². The summed E-state index contributed by atoms with van der Waals surface area (Å²) in [5.74, 6) is -0.455. The van der Waals surface area contributed by atoms with Crippen molar-refractivity contribution in [3.8, 4) is 0 Å². The molecule has 1 aromatic carbocycles. The molecule has 0 radical (unpaired) electrons. The number of ether oxygens (including phenoxy) is 1. The Bertz CT molecular complexity index is 833. The van der Waals surface area contributed by atoms with Crippen LogP contribution in [0.2, 0.25) is 5.02 Å². The molecule has 1 aromatic heterocycles. The van der Waals surface area contributed by atoms with Crippen molar-refractivity contribution >= 4 is 40.2 Å². The van der Waals surface area contributed by atoms with E-state index < -0.39 is 11.2 Å². The van der Waals surface area contributed by atoms with Crippen molar-refractivity contribution < 1.29 is 9.53 Å². The van der Waals surface area contributed by atoms with Crippen molar-refractivity contribution in [1.29, 1.82) is 0 Å². The lowest BCUT2D eigenvalue weighted by Crippen LogP contribution is -2.30. The third-order valence-corrected chi connectivity index (χ3v) is 5.32. The number of benzene rings is 1. The van der Waals surface area contributed by atoms with Crippen LogP contribution in [0.3, 0.4) is 0 Å². The molecule has 6 nitrogen and oxygen atoms in total. The van der Waals surface area contributed by atoms with Crippen LogP contribution < -0.4 is 11.3 Å². The van der Waals surface area contributed by atoms with E-state index in [0.717, 1.165) is 12.8 Å². The van der Waals surface area contributed by atoms with Gasteiger partial charge in [-0.2, -0.15) is 0 Å². The molecule has 2 N–H and O–H groups in total. The highest BCUT2D eigenvalue weighted by molar-refractivity contribution is 8.00. The molecule has 2 atom stereocenters. The molecule has 0 spiro atoms. The number of nitrogens with two attached hydrogens (primary N) is 1. The molecule has 128 valence electrons. The second kappa shape index (κ2) is 7.13. The fourth-order valence-electron chi connectivity index (χ4n) is 2.63. The van der Waals surface area contributed by atoms with Crippen molar-refractivity contribution in [2.75, 3.05) is 6.61 Å². The Morgan fingerprint density at radius 2 is 2.38 bits per heavy atom. The summed E-state index contributed by atoms with van der Waals surface area (Å²) >= 11 is 7.18. The molecule has 24 heavy (non-hydrogen) atoms. The highest BCUT2D eigenvalue weighted by Gasteiger charge is 2.22. The van der Waals surface area contributed by atoms with Gasteiger partial charge >= 0.3 is 0 Å². The molecule has 0 unspecified atom stereocenters. The summed E-state index contributed by atoms with van der Waals surface area (Å²) in [6, 6.07) is 4.99. The van der Waals surface area contributed by atoms with Crippen LogP contribution in [0.1, 0.15) is 19.8 Å². The number of carbonyl (C=O) groups is 1. The monoisotopic (exact) mass is 367 g/mol. The van der Waals surface area contributed by atoms with Gasteiger partial charge in [0.1, 0.15) is 0 Å². The van der Waals surface area contributed by atoms with Crippen molar-refractivity contribution in [2.24, 2.45) is 5.73 Å². The van der Waals surface area contributed by atoms with Crippen LogP contribution in [-0.4, -0.2) is 33.4 Å². The number of hydrogen-bond acceptors (Lipinski definition) is 5. The number of halogens is 1. The van der Waals surface area contributed by atoms with Gasteiger partial charge in [0, 0.05) is 11.6 Å². The first-order chi connectivity index (χ1) is 11.5. The van der Waals surface area contributed by atoms with E-state index in [-0.39, 0.29) is 11.7 Å². The predicted octanol–water partition coefficient (Wildman–Crippen LogP) is 2.19. The van der Waals surface area contributed by atoms with E-state index in [4.69, 9.17) is 22.1 Å². The molecule has 1 aliphatic heterocycles. The lowest BCUT2D eigenvalue weighted by Gasteiger charge is -2.17. The van der Waals surface area contributed by atoms with Crippen LogP contribution >= 0.6 is 23.4 Å². The molecule has 1 saturated heterocycles. The third kappa shape index (κ3) is 3.58. The van der Waals surface area contributed by atoms with Gasteiger partial charge in [-0.05, 0) is 38.0 Å². The highest BCUT2D eigenvalue weighted by atomic mass is 35.5. The number of aromatic nitrogens is 2. The second-order valence-electron chi connectivity index (χ2n) is 5.77. The number of hydrogen-bond donors (Lipinski definition) is 1. The van der Waals surface area contributed by atoms with Crippen molar-refractivity contribution in [3.05, 3.63) is 33.6 Å². The first kappa shape index (κ1) is 17.3. The topological polar surface area (TPSA) is 87.2 Å². The summed E-state index contributed by atoms with van der Waals surface area (Å²) in [4.78, 5) is 28.8. The average molecular weight is 368 g/mol. The molecule has 0 saturated carbocycles. The van der Waals surface area contributed by atoms with Gasteiger partial charge in [0.2, 0.25) is 5.91 Å². The van der Waals surface area contributed by atoms with E-state index in [9.17, 15) is 9.59 Å². The third-order valence-electron chi connectivity index (χ3n) is 3.98. The van der Waals surface area contributed by atoms with Gasteiger partial charge in [-0.3, -0.25) is 14.2 Å². The second-order valence-corrected chi connectivity index (χ2v) is 7.51. The van der Waals surface area contributed by atoms with Crippen LogP contribution in [0.25, 0.3) is 10.9 Å². The molecule has 2 heterocycles. The molecule has 0 aliphatic carbocycles. The SMILES string of the molecule is C[C@H](Sc1nc2cc(Cl)ccc2c(=O)n1C[C@@H]1CCCO1)C(N)=O. The molecule has 1 fully saturated rings. The van der Waals surface area contributed by atoms with Crippen LogP contribution in [0.5, 0.6) is 0 Å². The zero-order chi connectivity index (χ0) is 17.3.